The number of hydrogen-bond acceptors (Lipinski definition) is 7. The second kappa shape index (κ2) is 8.05. The zero-order chi connectivity index (χ0) is 16.7. The minimum Gasteiger partial charge on any atom is -0.550 e. The van der Waals surface area contributed by atoms with E-state index in [2.05, 4.69) is 5.32 Å². The second-order valence-electron chi connectivity index (χ2n) is 4.52. The Morgan fingerprint density at radius 3 is 2.27 bits per heavy atom. The Morgan fingerprint density at radius 1 is 1.23 bits per heavy atom. The van der Waals surface area contributed by atoms with Gasteiger partial charge in [0.2, 0.25) is 5.91 Å². The second-order valence-corrected chi connectivity index (χ2v) is 4.52. The summed E-state index contributed by atoms with van der Waals surface area (Å²) in [4.78, 5) is 31.7. The Hall–Kier alpha value is -2.52. The third-order valence-electron chi connectivity index (χ3n) is 2.93. The largest absolute Gasteiger partial charge is 0.550 e. The van der Waals surface area contributed by atoms with Crippen LogP contribution in [-0.2, 0) is 9.59 Å². The van der Waals surface area contributed by atoms with Crippen LogP contribution in [0.5, 0.6) is 0 Å². The number of nitrogens with zero attached hydrogens (tertiary/aromatic N) is 1. The summed E-state index contributed by atoms with van der Waals surface area (Å²) in [5, 5.41) is 42.4. The Bertz CT molecular complexity index is 544. The number of carboxylic acids is 1. The minimum atomic E-state index is -1.38. The standard InChI is InChI=1S/C13H16N2O7/c16-7-10(14-11(17)5-6-12(18)19)13(20)8-1-3-9(4-2-8)15(21)22/h1-4,10,13,16,20H,5-7H2,(H,14,17)(H,18,19)/p-1/t10-,13+/m1/s1. The Labute approximate surface area is 125 Å². The van der Waals surface area contributed by atoms with E-state index < -0.39 is 42.0 Å². The van der Waals surface area contributed by atoms with Gasteiger partial charge in [0.15, 0.2) is 0 Å². The monoisotopic (exact) mass is 311 g/mol. The maximum Gasteiger partial charge on any atom is 0.269 e. The van der Waals surface area contributed by atoms with Gasteiger partial charge >= 0.3 is 0 Å². The van der Waals surface area contributed by atoms with Crippen molar-refractivity contribution in [2.45, 2.75) is 25.0 Å². The number of aliphatic carboxylic acids is 1. The molecule has 0 unspecified atom stereocenters. The van der Waals surface area contributed by atoms with Crippen LogP contribution in [0.1, 0.15) is 24.5 Å². The minimum absolute atomic E-state index is 0.158. The van der Waals surface area contributed by atoms with Crippen molar-refractivity contribution in [2.75, 3.05) is 6.61 Å². The Morgan fingerprint density at radius 2 is 1.82 bits per heavy atom. The molecule has 9 heteroatoms. The molecule has 0 aliphatic carbocycles. The van der Waals surface area contributed by atoms with E-state index in [4.69, 9.17) is 0 Å². The molecule has 22 heavy (non-hydrogen) atoms. The number of nitrogens with one attached hydrogen (secondary N) is 1. The first-order chi connectivity index (χ1) is 10.3. The van der Waals surface area contributed by atoms with Crippen molar-refractivity contribution in [1.29, 1.82) is 0 Å². The van der Waals surface area contributed by atoms with E-state index in [0.717, 1.165) is 0 Å². The number of carboxylic acid groups (broad SMARTS) is 1. The lowest BCUT2D eigenvalue weighted by molar-refractivity contribution is -0.384. The SMILES string of the molecule is O=C([O-])CCC(=O)N[C@H](CO)[C@@H](O)c1ccc([N+](=O)[O-])cc1. The fraction of sp³-hybridized carbons (Fsp3) is 0.385. The van der Waals surface area contributed by atoms with Gasteiger partial charge in [0.25, 0.3) is 5.69 Å². The number of carbonyl (C=O) groups is 2. The van der Waals surface area contributed by atoms with Crippen LogP contribution in [0.25, 0.3) is 0 Å². The molecule has 0 saturated carbocycles. The van der Waals surface area contributed by atoms with Gasteiger partial charge in [0, 0.05) is 24.5 Å². The number of aliphatic hydroxyl groups is 2. The number of rotatable bonds is 8. The predicted molar refractivity (Wildman–Crippen MR) is 71.3 cm³/mol. The molecule has 2 atom stereocenters. The summed E-state index contributed by atoms with van der Waals surface area (Å²) in [5.41, 5.74) is 0.111. The molecule has 0 aromatic heterocycles. The number of aliphatic hydroxyl groups excluding tert-OH is 2. The van der Waals surface area contributed by atoms with Crippen molar-refractivity contribution in [3.05, 3.63) is 39.9 Å². The highest BCUT2D eigenvalue weighted by Gasteiger charge is 2.22. The van der Waals surface area contributed by atoms with E-state index in [9.17, 15) is 35.0 Å². The molecular weight excluding hydrogens is 296 g/mol. The average molecular weight is 311 g/mol. The normalized spacial score (nSPS) is 13.2. The van der Waals surface area contributed by atoms with Gasteiger partial charge in [0.05, 0.1) is 17.6 Å². The van der Waals surface area contributed by atoms with Crippen molar-refractivity contribution in [1.82, 2.24) is 5.32 Å². The van der Waals surface area contributed by atoms with Crippen molar-refractivity contribution >= 4 is 17.6 Å². The van der Waals surface area contributed by atoms with E-state index in [1.165, 1.54) is 24.3 Å². The summed E-state index contributed by atoms with van der Waals surface area (Å²) in [6.07, 6.45) is -2.11. The van der Waals surface area contributed by atoms with Gasteiger partial charge in [-0.3, -0.25) is 14.9 Å². The predicted octanol–water partition coefficient (Wildman–Crippen LogP) is -1.36. The van der Waals surface area contributed by atoms with Crippen LogP contribution in [0, 0.1) is 10.1 Å². The molecule has 0 fully saturated rings. The zero-order valence-corrected chi connectivity index (χ0v) is 11.5. The van der Waals surface area contributed by atoms with E-state index in [-0.39, 0.29) is 17.7 Å². The first-order valence-electron chi connectivity index (χ1n) is 6.37. The Kier molecular flexibility index (Phi) is 6.42. The molecular formula is C13H15N2O7-. The molecule has 1 rings (SSSR count). The number of nitro benzene ring substituents is 1. The van der Waals surface area contributed by atoms with Gasteiger partial charge in [-0.05, 0) is 24.1 Å². The molecule has 1 aromatic carbocycles. The van der Waals surface area contributed by atoms with Crippen LogP contribution < -0.4 is 10.4 Å². The van der Waals surface area contributed by atoms with Crippen LogP contribution in [0.4, 0.5) is 5.69 Å². The third kappa shape index (κ3) is 5.11. The molecule has 0 aliphatic rings. The molecule has 0 saturated heterocycles. The van der Waals surface area contributed by atoms with Gasteiger partial charge in [-0.1, -0.05) is 0 Å². The smallest absolute Gasteiger partial charge is 0.269 e. The molecule has 1 amide bonds. The quantitative estimate of drug-likeness (QED) is 0.395. The highest BCUT2D eigenvalue weighted by Crippen LogP contribution is 2.20. The Balaban J connectivity index is 2.70. The molecule has 0 bridgehead atoms. The fourth-order valence-corrected chi connectivity index (χ4v) is 1.74. The van der Waals surface area contributed by atoms with Gasteiger partial charge in [0.1, 0.15) is 6.10 Å². The van der Waals surface area contributed by atoms with Gasteiger partial charge in [-0.2, -0.15) is 0 Å². The summed E-state index contributed by atoms with van der Waals surface area (Å²) in [6.45, 7) is -0.588. The van der Waals surface area contributed by atoms with Crippen LogP contribution in [0.3, 0.4) is 0 Å². The molecule has 3 N–H and O–H groups in total. The molecule has 120 valence electrons. The van der Waals surface area contributed by atoms with Gasteiger partial charge in [-0.15, -0.1) is 0 Å². The van der Waals surface area contributed by atoms with Crippen LogP contribution in [0.2, 0.25) is 0 Å². The lowest BCUT2D eigenvalue weighted by Crippen LogP contribution is -2.42. The van der Waals surface area contributed by atoms with Gasteiger partial charge < -0.3 is 25.4 Å². The van der Waals surface area contributed by atoms with Crippen molar-refractivity contribution < 1.29 is 29.8 Å². The highest BCUT2D eigenvalue weighted by molar-refractivity contribution is 5.80. The summed E-state index contributed by atoms with van der Waals surface area (Å²) >= 11 is 0. The maximum absolute atomic E-state index is 11.5. The van der Waals surface area contributed by atoms with E-state index >= 15 is 0 Å². The third-order valence-corrected chi connectivity index (χ3v) is 2.93. The topological polar surface area (TPSA) is 153 Å². The number of nitro groups is 1. The maximum atomic E-state index is 11.5. The van der Waals surface area contributed by atoms with E-state index in [0.29, 0.717) is 0 Å². The van der Waals surface area contributed by atoms with Crippen LogP contribution in [0.15, 0.2) is 24.3 Å². The number of hydrogen-bond donors (Lipinski definition) is 3. The van der Waals surface area contributed by atoms with Crippen molar-refractivity contribution in [3.63, 3.8) is 0 Å². The van der Waals surface area contributed by atoms with Crippen molar-refractivity contribution in [2.24, 2.45) is 0 Å². The van der Waals surface area contributed by atoms with Crippen molar-refractivity contribution in [3.8, 4) is 0 Å². The number of non-ortho nitro benzene ring substituents is 1. The molecule has 0 aliphatic heterocycles. The first-order valence-corrected chi connectivity index (χ1v) is 6.37. The van der Waals surface area contributed by atoms with Crippen LogP contribution >= 0.6 is 0 Å². The molecule has 0 spiro atoms. The summed E-state index contributed by atoms with van der Waals surface area (Å²) < 4.78 is 0. The number of amides is 1. The highest BCUT2D eigenvalue weighted by atomic mass is 16.6. The van der Waals surface area contributed by atoms with Gasteiger partial charge in [-0.25, -0.2) is 0 Å². The average Bonchev–Trinajstić information content (AvgIpc) is 2.50. The molecule has 0 radical (unpaired) electrons. The number of benzene rings is 1. The molecule has 0 heterocycles. The fourth-order valence-electron chi connectivity index (χ4n) is 1.74. The number of carbonyl (C=O) groups excluding carboxylic acids is 2. The lowest BCUT2D eigenvalue weighted by Gasteiger charge is -2.22. The summed E-state index contributed by atoms with van der Waals surface area (Å²) in [6, 6.07) is 3.92. The summed E-state index contributed by atoms with van der Waals surface area (Å²) in [5.74, 6) is -2.05. The first kappa shape index (κ1) is 17.5. The molecule has 9 nitrogen and oxygen atoms in total. The zero-order valence-electron chi connectivity index (χ0n) is 11.5. The van der Waals surface area contributed by atoms with E-state index in [1.807, 2.05) is 0 Å². The lowest BCUT2D eigenvalue weighted by atomic mass is 10.0. The van der Waals surface area contributed by atoms with Crippen LogP contribution in [-0.4, -0.2) is 39.7 Å². The summed E-state index contributed by atoms with van der Waals surface area (Å²) in [7, 11) is 0. The molecule has 1 aromatic rings. The van der Waals surface area contributed by atoms with E-state index in [1.54, 1.807) is 0 Å².